The molecule has 0 aromatic heterocycles. The minimum absolute atomic E-state index is 0.0326. The van der Waals surface area contributed by atoms with Crippen LogP contribution in [-0.2, 0) is 30.4 Å². The highest BCUT2D eigenvalue weighted by atomic mass is 16.6. The molecule has 0 saturated heterocycles. The molecule has 0 amide bonds. The lowest BCUT2D eigenvalue weighted by molar-refractivity contribution is -0.137. The summed E-state index contributed by atoms with van der Waals surface area (Å²) in [5.74, 6) is -0.312. The number of hydrogen-bond acceptors (Lipinski definition) is 6. The van der Waals surface area contributed by atoms with Crippen molar-refractivity contribution in [1.29, 1.82) is 0 Å². The molecule has 0 bridgehead atoms. The monoisotopic (exact) mass is 380 g/mol. The highest BCUT2D eigenvalue weighted by Crippen LogP contribution is 2.35. The Morgan fingerprint density at radius 3 is 2.43 bits per heavy atom. The van der Waals surface area contributed by atoms with Gasteiger partial charge in [-0.15, -0.1) is 0 Å². The molecule has 0 saturated carbocycles. The Bertz CT molecular complexity index is 910. The number of carbonyl (C=O) groups is 2. The van der Waals surface area contributed by atoms with Crippen molar-refractivity contribution >= 4 is 17.5 Å². The maximum atomic E-state index is 12.5. The van der Waals surface area contributed by atoms with Crippen molar-refractivity contribution in [2.45, 2.75) is 13.5 Å². The van der Waals surface area contributed by atoms with Gasteiger partial charge in [-0.25, -0.2) is 9.59 Å². The molecule has 0 spiro atoms. The van der Waals surface area contributed by atoms with Gasteiger partial charge in [0.05, 0.1) is 19.8 Å². The molecule has 3 rings (SSSR count). The van der Waals surface area contributed by atoms with Crippen LogP contribution in [-0.4, -0.2) is 25.7 Å². The summed E-state index contributed by atoms with van der Waals surface area (Å²) >= 11 is 0. The predicted octanol–water partition coefficient (Wildman–Crippen LogP) is 3.63. The van der Waals surface area contributed by atoms with Crippen LogP contribution in [0.3, 0.4) is 0 Å². The number of ether oxygens (including phenoxy) is 4. The van der Waals surface area contributed by atoms with Gasteiger partial charge in [0.2, 0.25) is 0 Å². The number of methoxy groups -OCH3 is 1. The van der Waals surface area contributed by atoms with Crippen molar-refractivity contribution in [1.82, 2.24) is 0 Å². The van der Waals surface area contributed by atoms with Gasteiger partial charge in [0.1, 0.15) is 17.9 Å². The first-order valence-corrected chi connectivity index (χ1v) is 8.78. The molecular formula is C22H20O6. The van der Waals surface area contributed by atoms with Crippen molar-refractivity contribution in [2.75, 3.05) is 13.7 Å². The van der Waals surface area contributed by atoms with Crippen LogP contribution >= 0.6 is 0 Å². The molecule has 2 aromatic carbocycles. The maximum absolute atomic E-state index is 12.5. The van der Waals surface area contributed by atoms with E-state index in [0.717, 1.165) is 11.6 Å². The summed E-state index contributed by atoms with van der Waals surface area (Å²) in [4.78, 5) is 24.4. The number of rotatable bonds is 7. The lowest BCUT2D eigenvalue weighted by atomic mass is 10.1. The average molecular weight is 380 g/mol. The Morgan fingerprint density at radius 2 is 1.79 bits per heavy atom. The first kappa shape index (κ1) is 19.2. The van der Waals surface area contributed by atoms with Gasteiger partial charge in [0, 0.05) is 0 Å². The molecular weight excluding hydrogens is 360 g/mol. The summed E-state index contributed by atoms with van der Waals surface area (Å²) < 4.78 is 21.3. The average Bonchev–Trinajstić information content (AvgIpc) is 3.02. The van der Waals surface area contributed by atoms with E-state index >= 15 is 0 Å². The second-order valence-corrected chi connectivity index (χ2v) is 5.86. The van der Waals surface area contributed by atoms with Crippen LogP contribution in [0.1, 0.15) is 18.1 Å². The van der Waals surface area contributed by atoms with Crippen LogP contribution in [0, 0.1) is 0 Å². The zero-order valence-electron chi connectivity index (χ0n) is 15.6. The molecule has 6 nitrogen and oxygen atoms in total. The summed E-state index contributed by atoms with van der Waals surface area (Å²) in [6.07, 6.45) is 1.12. The normalized spacial score (nSPS) is 14.8. The molecule has 2 aromatic rings. The number of hydrogen-bond donors (Lipinski definition) is 0. The number of benzene rings is 2. The van der Waals surface area contributed by atoms with E-state index in [1.54, 1.807) is 38.3 Å². The number of esters is 2. The second kappa shape index (κ2) is 8.90. The van der Waals surface area contributed by atoms with Crippen LogP contribution < -0.4 is 4.74 Å². The molecule has 1 heterocycles. The van der Waals surface area contributed by atoms with Crippen LogP contribution in [0.5, 0.6) is 5.75 Å². The number of carbonyl (C=O) groups excluding carboxylic acids is 2. The lowest BCUT2D eigenvalue weighted by Gasteiger charge is -2.09. The first-order chi connectivity index (χ1) is 13.6. The van der Waals surface area contributed by atoms with E-state index in [2.05, 4.69) is 0 Å². The third-order valence-electron chi connectivity index (χ3n) is 4.00. The number of cyclic esters (lactones) is 1. The molecule has 0 unspecified atom stereocenters. The molecule has 6 heteroatoms. The second-order valence-electron chi connectivity index (χ2n) is 5.86. The van der Waals surface area contributed by atoms with E-state index < -0.39 is 11.9 Å². The van der Waals surface area contributed by atoms with Crippen LogP contribution in [0.25, 0.3) is 5.57 Å². The van der Waals surface area contributed by atoms with Crippen LogP contribution in [0.15, 0.2) is 72.2 Å². The Kier molecular flexibility index (Phi) is 6.11. The molecule has 0 N–H and O–H groups in total. The largest absolute Gasteiger partial charge is 0.497 e. The van der Waals surface area contributed by atoms with Gasteiger partial charge < -0.3 is 18.9 Å². The molecule has 0 radical (unpaired) electrons. The molecule has 0 aliphatic carbocycles. The SMILES string of the molecule is CCOC(=O)/C=C1\OC(=O)C(c2ccc(OC)cc2)=C1OCc1ccccc1. The van der Waals surface area contributed by atoms with E-state index in [-0.39, 0.29) is 30.3 Å². The van der Waals surface area contributed by atoms with Crippen LogP contribution in [0.2, 0.25) is 0 Å². The zero-order valence-corrected chi connectivity index (χ0v) is 15.6. The molecule has 0 fully saturated rings. The minimum Gasteiger partial charge on any atom is -0.497 e. The first-order valence-electron chi connectivity index (χ1n) is 8.78. The Hall–Kier alpha value is -3.54. The lowest BCUT2D eigenvalue weighted by Crippen LogP contribution is -2.04. The molecule has 144 valence electrons. The smallest absolute Gasteiger partial charge is 0.348 e. The Morgan fingerprint density at radius 1 is 1.07 bits per heavy atom. The zero-order chi connectivity index (χ0) is 19.9. The molecule has 1 aliphatic rings. The standard InChI is InChI=1S/C22H20O6/c1-3-26-19(23)13-18-21(27-14-15-7-5-4-6-8-15)20(22(24)28-18)16-9-11-17(25-2)12-10-16/h4-13H,3,14H2,1-2H3/b18-13-. The molecule has 28 heavy (non-hydrogen) atoms. The van der Waals surface area contributed by atoms with Crippen molar-refractivity contribution in [3.8, 4) is 5.75 Å². The van der Waals surface area contributed by atoms with Crippen molar-refractivity contribution in [2.24, 2.45) is 0 Å². The van der Waals surface area contributed by atoms with E-state index in [4.69, 9.17) is 18.9 Å². The van der Waals surface area contributed by atoms with Gasteiger partial charge >= 0.3 is 11.9 Å². The topological polar surface area (TPSA) is 71.1 Å². The van der Waals surface area contributed by atoms with Gasteiger partial charge in [0.25, 0.3) is 0 Å². The van der Waals surface area contributed by atoms with Crippen molar-refractivity contribution < 1.29 is 28.5 Å². The highest BCUT2D eigenvalue weighted by Gasteiger charge is 2.33. The van der Waals surface area contributed by atoms with Gasteiger partial charge in [-0.3, -0.25) is 0 Å². The van der Waals surface area contributed by atoms with Gasteiger partial charge in [-0.2, -0.15) is 0 Å². The van der Waals surface area contributed by atoms with Crippen molar-refractivity contribution in [3.63, 3.8) is 0 Å². The van der Waals surface area contributed by atoms with Gasteiger partial charge in [-0.1, -0.05) is 42.5 Å². The van der Waals surface area contributed by atoms with E-state index in [9.17, 15) is 9.59 Å². The summed E-state index contributed by atoms with van der Waals surface area (Å²) in [7, 11) is 1.56. The van der Waals surface area contributed by atoms with Crippen molar-refractivity contribution in [3.05, 3.63) is 83.3 Å². The summed E-state index contributed by atoms with van der Waals surface area (Å²) in [6.45, 7) is 2.13. The Balaban J connectivity index is 1.98. The fourth-order valence-corrected chi connectivity index (χ4v) is 2.68. The quantitative estimate of drug-likeness (QED) is 0.540. The maximum Gasteiger partial charge on any atom is 0.348 e. The predicted molar refractivity (Wildman–Crippen MR) is 102 cm³/mol. The van der Waals surface area contributed by atoms with Crippen LogP contribution in [0.4, 0.5) is 0 Å². The molecule has 1 aliphatic heterocycles. The van der Waals surface area contributed by atoms with E-state index in [1.165, 1.54) is 0 Å². The fourth-order valence-electron chi connectivity index (χ4n) is 2.68. The van der Waals surface area contributed by atoms with Gasteiger partial charge in [0.15, 0.2) is 11.5 Å². The Labute approximate surface area is 163 Å². The summed E-state index contributed by atoms with van der Waals surface area (Å²) in [5, 5.41) is 0. The third kappa shape index (κ3) is 4.40. The third-order valence-corrected chi connectivity index (χ3v) is 4.00. The fraction of sp³-hybridized carbons (Fsp3) is 0.182. The minimum atomic E-state index is -0.609. The van der Waals surface area contributed by atoms with E-state index in [1.807, 2.05) is 30.3 Å². The summed E-state index contributed by atoms with van der Waals surface area (Å²) in [5.41, 5.74) is 1.76. The summed E-state index contributed by atoms with van der Waals surface area (Å²) in [6, 6.07) is 16.4. The highest BCUT2D eigenvalue weighted by molar-refractivity contribution is 6.21. The van der Waals surface area contributed by atoms with E-state index in [0.29, 0.717) is 11.3 Å². The van der Waals surface area contributed by atoms with Gasteiger partial charge in [-0.05, 0) is 30.2 Å². The molecule has 0 atom stereocenters.